The van der Waals surface area contributed by atoms with E-state index in [2.05, 4.69) is 10.6 Å². The van der Waals surface area contributed by atoms with Crippen LogP contribution in [-0.4, -0.2) is 42.3 Å². The Balaban J connectivity index is 3.15. The minimum atomic E-state index is -0.804. The van der Waals surface area contributed by atoms with E-state index >= 15 is 0 Å². The summed E-state index contributed by atoms with van der Waals surface area (Å²) in [4.78, 5) is 49.5. The van der Waals surface area contributed by atoms with E-state index in [0.29, 0.717) is 19.4 Å². The molecule has 0 aromatic heterocycles. The lowest BCUT2D eigenvalue weighted by atomic mass is 9.77. The van der Waals surface area contributed by atoms with Gasteiger partial charge in [-0.25, -0.2) is 5.48 Å². The van der Waals surface area contributed by atoms with Crippen LogP contribution in [0.1, 0.15) is 58.8 Å². The third-order valence-corrected chi connectivity index (χ3v) is 5.12. The Morgan fingerprint density at radius 2 is 1.89 bits per heavy atom. The summed E-state index contributed by atoms with van der Waals surface area (Å²) in [5.41, 5.74) is 1.64. The Hall–Kier alpha value is -1.96. The molecule has 0 radical (unpaired) electrons. The van der Waals surface area contributed by atoms with Gasteiger partial charge in [-0.2, -0.15) is 0 Å². The first kappa shape index (κ1) is 23.1. The summed E-state index contributed by atoms with van der Waals surface area (Å²) in [5, 5.41) is 14.5. The van der Waals surface area contributed by atoms with Crippen LogP contribution in [0.3, 0.4) is 0 Å². The standard InChI is InChI=1S/C19H33N3O5/c1-12(2)10-15-14(19(26)22-27)7-8-17(24)21-9-5-4-6-13(11-16(15)23)18(25)20-3/h12-15,27H,4-11H2,1-3H3,(H,20,25)(H,21,24)(H,22,26)/t13-,14-,15-/m1/s1. The van der Waals surface area contributed by atoms with E-state index in [1.54, 1.807) is 12.5 Å². The highest BCUT2D eigenvalue weighted by Gasteiger charge is 2.36. The second-order valence-electron chi connectivity index (χ2n) is 7.68. The molecule has 3 amide bonds. The monoisotopic (exact) mass is 383 g/mol. The molecule has 8 nitrogen and oxygen atoms in total. The molecule has 1 fully saturated rings. The summed E-state index contributed by atoms with van der Waals surface area (Å²) in [6.45, 7) is 4.40. The Bertz CT molecular complexity index is 535. The maximum absolute atomic E-state index is 13.1. The summed E-state index contributed by atoms with van der Waals surface area (Å²) in [6.07, 6.45) is 2.80. The van der Waals surface area contributed by atoms with E-state index < -0.39 is 23.7 Å². The lowest BCUT2D eigenvalue weighted by Gasteiger charge is -2.27. The molecule has 0 unspecified atom stereocenters. The molecule has 0 spiro atoms. The third-order valence-electron chi connectivity index (χ3n) is 5.12. The summed E-state index contributed by atoms with van der Waals surface area (Å²) >= 11 is 0. The fourth-order valence-electron chi connectivity index (χ4n) is 3.67. The molecule has 4 N–H and O–H groups in total. The highest BCUT2D eigenvalue weighted by atomic mass is 16.5. The van der Waals surface area contributed by atoms with Crippen molar-refractivity contribution in [2.75, 3.05) is 13.6 Å². The smallest absolute Gasteiger partial charge is 0.247 e. The van der Waals surface area contributed by atoms with E-state index in [1.165, 1.54) is 0 Å². The molecule has 154 valence electrons. The number of hydrogen-bond acceptors (Lipinski definition) is 5. The molecule has 1 heterocycles. The largest absolute Gasteiger partial charge is 0.359 e. The summed E-state index contributed by atoms with van der Waals surface area (Å²) < 4.78 is 0. The maximum Gasteiger partial charge on any atom is 0.247 e. The molecule has 1 rings (SSSR count). The first-order chi connectivity index (χ1) is 12.8. The SMILES string of the molecule is CNC(=O)[C@@H]1CCCCNC(=O)CC[C@@H](C(=O)NO)[C@@H](CC(C)C)C(=O)C1. The van der Waals surface area contributed by atoms with E-state index in [-0.39, 0.29) is 42.8 Å². The molecular weight excluding hydrogens is 350 g/mol. The number of nitrogens with one attached hydrogen (secondary N) is 3. The van der Waals surface area contributed by atoms with Crippen LogP contribution in [0, 0.1) is 23.7 Å². The van der Waals surface area contributed by atoms with E-state index in [9.17, 15) is 19.2 Å². The zero-order chi connectivity index (χ0) is 20.4. The molecular formula is C19H33N3O5. The van der Waals surface area contributed by atoms with Crippen LogP contribution in [0.25, 0.3) is 0 Å². The highest BCUT2D eigenvalue weighted by Crippen LogP contribution is 2.29. The quantitative estimate of drug-likeness (QED) is 0.428. The fourth-order valence-corrected chi connectivity index (χ4v) is 3.67. The van der Waals surface area contributed by atoms with Gasteiger partial charge in [0, 0.05) is 38.3 Å². The molecule has 0 saturated carbocycles. The lowest BCUT2D eigenvalue weighted by molar-refractivity contribution is -0.141. The van der Waals surface area contributed by atoms with Gasteiger partial charge < -0.3 is 10.6 Å². The number of amides is 3. The van der Waals surface area contributed by atoms with Gasteiger partial charge in [-0.3, -0.25) is 24.4 Å². The number of hydrogen-bond donors (Lipinski definition) is 4. The molecule has 0 bridgehead atoms. The summed E-state index contributed by atoms with van der Waals surface area (Å²) in [5.74, 6) is -2.93. The van der Waals surface area contributed by atoms with E-state index in [0.717, 1.165) is 12.8 Å². The Labute approximate surface area is 160 Å². The molecule has 0 aliphatic carbocycles. The zero-order valence-electron chi connectivity index (χ0n) is 16.5. The number of rotatable bonds is 4. The van der Waals surface area contributed by atoms with Crippen molar-refractivity contribution < 1.29 is 24.4 Å². The molecule has 27 heavy (non-hydrogen) atoms. The van der Waals surface area contributed by atoms with Crippen molar-refractivity contribution in [2.45, 2.75) is 58.8 Å². The molecule has 3 atom stereocenters. The van der Waals surface area contributed by atoms with Crippen molar-refractivity contribution in [1.29, 1.82) is 0 Å². The van der Waals surface area contributed by atoms with Crippen molar-refractivity contribution in [2.24, 2.45) is 23.7 Å². The van der Waals surface area contributed by atoms with Crippen LogP contribution >= 0.6 is 0 Å². The first-order valence-corrected chi connectivity index (χ1v) is 9.75. The van der Waals surface area contributed by atoms with Crippen LogP contribution in [0.2, 0.25) is 0 Å². The van der Waals surface area contributed by atoms with Gasteiger partial charge >= 0.3 is 0 Å². The molecule has 8 heteroatoms. The van der Waals surface area contributed by atoms with Crippen molar-refractivity contribution in [1.82, 2.24) is 16.1 Å². The van der Waals surface area contributed by atoms with E-state index in [1.807, 2.05) is 13.8 Å². The number of carbonyl (C=O) groups is 4. The van der Waals surface area contributed by atoms with Gasteiger partial charge in [0.1, 0.15) is 5.78 Å². The molecule has 0 aromatic carbocycles. The lowest BCUT2D eigenvalue weighted by Crippen LogP contribution is -2.39. The fraction of sp³-hybridized carbons (Fsp3) is 0.789. The number of ketones is 1. The maximum atomic E-state index is 13.1. The van der Waals surface area contributed by atoms with E-state index in [4.69, 9.17) is 5.21 Å². The van der Waals surface area contributed by atoms with Gasteiger partial charge in [0.05, 0.1) is 5.92 Å². The summed E-state index contributed by atoms with van der Waals surface area (Å²) in [6, 6.07) is 0. The third kappa shape index (κ3) is 7.66. The normalized spacial score (nSPS) is 25.6. The van der Waals surface area contributed by atoms with Gasteiger partial charge in [0.2, 0.25) is 17.7 Å². The molecule has 1 aliphatic heterocycles. The van der Waals surface area contributed by atoms with Gasteiger partial charge in [-0.1, -0.05) is 20.3 Å². The molecule has 1 saturated heterocycles. The predicted molar refractivity (Wildman–Crippen MR) is 99.6 cm³/mol. The van der Waals surface area contributed by atoms with Crippen LogP contribution in [-0.2, 0) is 19.2 Å². The Morgan fingerprint density at radius 1 is 1.19 bits per heavy atom. The van der Waals surface area contributed by atoms with Crippen molar-refractivity contribution >= 4 is 23.5 Å². The molecule has 1 aliphatic rings. The molecule has 0 aromatic rings. The number of carbonyl (C=O) groups excluding carboxylic acids is 4. The predicted octanol–water partition coefficient (Wildman–Crippen LogP) is 1.17. The minimum absolute atomic E-state index is 0.0631. The first-order valence-electron chi connectivity index (χ1n) is 9.75. The van der Waals surface area contributed by atoms with Crippen molar-refractivity contribution in [3.8, 4) is 0 Å². The van der Waals surface area contributed by atoms with Gasteiger partial charge in [-0.15, -0.1) is 0 Å². The minimum Gasteiger partial charge on any atom is -0.359 e. The topological polar surface area (TPSA) is 125 Å². The Kier molecular flexibility index (Phi) is 9.99. The summed E-state index contributed by atoms with van der Waals surface area (Å²) in [7, 11) is 1.54. The van der Waals surface area contributed by atoms with Crippen molar-refractivity contribution in [3.05, 3.63) is 0 Å². The Morgan fingerprint density at radius 3 is 2.48 bits per heavy atom. The van der Waals surface area contributed by atoms with Crippen LogP contribution in [0.15, 0.2) is 0 Å². The zero-order valence-corrected chi connectivity index (χ0v) is 16.5. The van der Waals surface area contributed by atoms with Crippen LogP contribution in [0.4, 0.5) is 0 Å². The second kappa shape index (κ2) is 11.7. The highest BCUT2D eigenvalue weighted by molar-refractivity contribution is 5.92. The number of hydroxylamine groups is 1. The van der Waals surface area contributed by atoms with Crippen molar-refractivity contribution in [3.63, 3.8) is 0 Å². The number of Topliss-reactive ketones (excluding diaryl/α,β-unsaturated/α-hetero) is 1. The van der Waals surface area contributed by atoms with Gasteiger partial charge in [0.25, 0.3) is 0 Å². The average molecular weight is 383 g/mol. The van der Waals surface area contributed by atoms with Crippen LogP contribution in [0.5, 0.6) is 0 Å². The second-order valence-corrected chi connectivity index (χ2v) is 7.68. The van der Waals surface area contributed by atoms with Crippen LogP contribution < -0.4 is 16.1 Å². The average Bonchev–Trinajstić information content (AvgIpc) is 2.64. The van der Waals surface area contributed by atoms with Gasteiger partial charge in [-0.05, 0) is 31.6 Å². The van der Waals surface area contributed by atoms with Gasteiger partial charge in [0.15, 0.2) is 0 Å².